The predicted molar refractivity (Wildman–Crippen MR) is 55.0 cm³/mol. The van der Waals surface area contributed by atoms with Crippen LogP contribution in [-0.2, 0) is 4.74 Å². The van der Waals surface area contributed by atoms with Crippen molar-refractivity contribution >= 4 is 12.1 Å². The highest BCUT2D eigenvalue weighted by molar-refractivity contribution is 5.84. The Morgan fingerprint density at radius 3 is 2.60 bits per heavy atom. The van der Waals surface area contributed by atoms with E-state index in [-0.39, 0.29) is 24.8 Å². The van der Waals surface area contributed by atoms with Gasteiger partial charge >= 0.3 is 18.2 Å². The van der Waals surface area contributed by atoms with Gasteiger partial charge in [-0.15, -0.1) is 5.10 Å². The molecular formula is C9H9F3N4O4. The van der Waals surface area contributed by atoms with Crippen molar-refractivity contribution in [2.75, 3.05) is 19.7 Å². The number of carbonyl (C=O) groups excluding carboxylic acids is 1. The van der Waals surface area contributed by atoms with Crippen LogP contribution in [0.4, 0.5) is 18.0 Å². The first-order chi connectivity index (χ1) is 9.26. The molecule has 0 saturated carbocycles. The Bertz CT molecular complexity index is 524. The lowest BCUT2D eigenvalue weighted by molar-refractivity contribution is -0.163. The first kappa shape index (κ1) is 14.1. The average Bonchev–Trinajstić information content (AvgIpc) is 2.72. The minimum Gasteiger partial charge on any atom is -0.476 e. The van der Waals surface area contributed by atoms with Gasteiger partial charge < -0.3 is 14.7 Å². The van der Waals surface area contributed by atoms with E-state index in [9.17, 15) is 22.8 Å². The van der Waals surface area contributed by atoms with Gasteiger partial charge in [0.2, 0.25) is 0 Å². The Labute approximate surface area is 109 Å². The number of aromatic nitrogens is 3. The number of alkyl halides is 3. The first-order valence-corrected chi connectivity index (χ1v) is 5.40. The number of carboxylic acid groups (broad SMARTS) is 1. The molecule has 8 nitrogen and oxygen atoms in total. The quantitative estimate of drug-likeness (QED) is 0.873. The predicted octanol–water partition coefficient (Wildman–Crippen LogP) is 0.532. The molecule has 1 aromatic heterocycles. The van der Waals surface area contributed by atoms with Gasteiger partial charge in [-0.05, 0) is 0 Å². The molecule has 0 spiro atoms. The normalized spacial score (nSPS) is 15.8. The molecule has 1 aliphatic rings. The molecule has 0 unspecified atom stereocenters. The van der Waals surface area contributed by atoms with Crippen LogP contribution in [-0.4, -0.2) is 62.9 Å². The molecule has 1 saturated heterocycles. The number of amides is 1. The Hall–Kier alpha value is -2.33. The third-order valence-electron chi connectivity index (χ3n) is 2.58. The topological polar surface area (TPSA) is 97.5 Å². The molecule has 1 aromatic rings. The van der Waals surface area contributed by atoms with E-state index < -0.39 is 24.8 Å². The number of carboxylic acids is 1. The molecule has 11 heteroatoms. The molecule has 1 fully saturated rings. The maximum atomic E-state index is 11.8. The zero-order valence-electron chi connectivity index (χ0n) is 9.87. The molecule has 1 aliphatic heterocycles. The van der Waals surface area contributed by atoms with Gasteiger partial charge in [0.05, 0.1) is 12.2 Å². The van der Waals surface area contributed by atoms with Crippen LogP contribution < -0.4 is 0 Å². The van der Waals surface area contributed by atoms with E-state index >= 15 is 0 Å². The van der Waals surface area contributed by atoms with Crippen LogP contribution >= 0.6 is 0 Å². The number of likely N-dealkylation sites (tertiary alicyclic amines) is 1. The molecule has 1 N–H and O–H groups in total. The van der Waals surface area contributed by atoms with E-state index in [4.69, 9.17) is 5.11 Å². The number of ether oxygens (including phenoxy) is 1. The second kappa shape index (κ2) is 4.98. The van der Waals surface area contributed by atoms with Crippen LogP contribution in [0.15, 0.2) is 6.20 Å². The third-order valence-corrected chi connectivity index (χ3v) is 2.58. The van der Waals surface area contributed by atoms with Gasteiger partial charge in [0.1, 0.15) is 0 Å². The van der Waals surface area contributed by atoms with E-state index in [0.29, 0.717) is 0 Å². The number of hydrogen-bond acceptors (Lipinski definition) is 5. The highest BCUT2D eigenvalue weighted by Gasteiger charge is 2.36. The summed E-state index contributed by atoms with van der Waals surface area (Å²) in [6.07, 6.45) is -4.45. The zero-order valence-corrected chi connectivity index (χ0v) is 9.87. The lowest BCUT2D eigenvalue weighted by Gasteiger charge is -2.37. The average molecular weight is 294 g/mol. The Morgan fingerprint density at radius 2 is 2.10 bits per heavy atom. The molecule has 110 valence electrons. The number of halogens is 3. The van der Waals surface area contributed by atoms with Crippen LogP contribution in [0.3, 0.4) is 0 Å². The van der Waals surface area contributed by atoms with Crippen LogP contribution in [0, 0.1) is 0 Å². The lowest BCUT2D eigenvalue weighted by atomic mass is 10.1. The second-order valence-electron chi connectivity index (χ2n) is 4.12. The van der Waals surface area contributed by atoms with E-state index in [1.807, 2.05) is 0 Å². The SMILES string of the molecule is O=C(O)c1cn(C2CN(C(=O)OCC(F)(F)F)C2)nn1. The summed E-state index contributed by atoms with van der Waals surface area (Å²) in [5.41, 5.74) is -0.247. The van der Waals surface area contributed by atoms with Gasteiger partial charge in [-0.2, -0.15) is 13.2 Å². The van der Waals surface area contributed by atoms with Crippen molar-refractivity contribution in [2.45, 2.75) is 12.2 Å². The fourth-order valence-electron chi connectivity index (χ4n) is 1.56. The number of rotatable bonds is 3. The minimum absolute atomic E-state index is 0.0824. The van der Waals surface area contributed by atoms with Gasteiger partial charge in [-0.25, -0.2) is 14.3 Å². The van der Waals surface area contributed by atoms with Crippen molar-refractivity contribution in [3.05, 3.63) is 11.9 Å². The summed E-state index contributed by atoms with van der Waals surface area (Å²) in [5, 5.41) is 15.6. The van der Waals surface area contributed by atoms with Crippen molar-refractivity contribution in [1.29, 1.82) is 0 Å². The van der Waals surface area contributed by atoms with Crippen LogP contribution in [0.5, 0.6) is 0 Å². The van der Waals surface area contributed by atoms with E-state index in [0.717, 1.165) is 4.90 Å². The Morgan fingerprint density at radius 1 is 1.45 bits per heavy atom. The highest BCUT2D eigenvalue weighted by atomic mass is 19.4. The number of aromatic carboxylic acids is 1. The summed E-state index contributed by atoms with van der Waals surface area (Å²) in [6.45, 7) is -1.47. The molecule has 0 radical (unpaired) electrons. The smallest absolute Gasteiger partial charge is 0.422 e. The molecule has 0 bridgehead atoms. The number of carbonyl (C=O) groups is 2. The lowest BCUT2D eigenvalue weighted by Crippen LogP contribution is -2.51. The van der Waals surface area contributed by atoms with Crippen molar-refractivity contribution in [1.82, 2.24) is 19.9 Å². The molecule has 20 heavy (non-hydrogen) atoms. The molecule has 0 aliphatic carbocycles. The van der Waals surface area contributed by atoms with Crippen LogP contribution in [0.25, 0.3) is 0 Å². The fraction of sp³-hybridized carbons (Fsp3) is 0.556. The number of nitrogens with zero attached hydrogens (tertiary/aromatic N) is 4. The summed E-state index contributed by atoms with van der Waals surface area (Å²) >= 11 is 0. The maximum absolute atomic E-state index is 11.8. The van der Waals surface area contributed by atoms with Gasteiger partial charge in [0.15, 0.2) is 12.3 Å². The largest absolute Gasteiger partial charge is 0.476 e. The number of hydrogen-bond donors (Lipinski definition) is 1. The maximum Gasteiger partial charge on any atom is 0.422 e. The van der Waals surface area contributed by atoms with Gasteiger partial charge in [-0.1, -0.05) is 5.21 Å². The second-order valence-corrected chi connectivity index (χ2v) is 4.12. The van der Waals surface area contributed by atoms with Gasteiger partial charge in [0, 0.05) is 13.1 Å². The summed E-state index contributed by atoms with van der Waals surface area (Å²) in [5.74, 6) is -1.24. The third kappa shape index (κ3) is 3.16. The van der Waals surface area contributed by atoms with Crippen LogP contribution in [0.1, 0.15) is 16.5 Å². The summed E-state index contributed by atoms with van der Waals surface area (Å²) < 4.78 is 40.9. The molecule has 1 amide bonds. The molecule has 2 heterocycles. The van der Waals surface area contributed by atoms with Crippen molar-refractivity contribution in [3.8, 4) is 0 Å². The molecule has 0 atom stereocenters. The van der Waals surface area contributed by atoms with Gasteiger partial charge in [-0.3, -0.25) is 0 Å². The van der Waals surface area contributed by atoms with Gasteiger partial charge in [0.25, 0.3) is 0 Å². The monoisotopic (exact) mass is 294 g/mol. The van der Waals surface area contributed by atoms with E-state index in [1.54, 1.807) is 0 Å². The fourth-order valence-corrected chi connectivity index (χ4v) is 1.56. The van der Waals surface area contributed by atoms with Crippen molar-refractivity contribution < 1.29 is 32.6 Å². The minimum atomic E-state index is -4.57. The summed E-state index contributed by atoms with van der Waals surface area (Å²) in [7, 11) is 0. The standard InChI is InChI=1S/C9H9F3N4O4/c10-9(11,12)4-20-8(19)15-1-5(2-15)16-3-6(7(17)18)13-14-16/h3,5H,1-2,4H2,(H,17,18). The summed E-state index contributed by atoms with van der Waals surface area (Å²) in [4.78, 5) is 22.9. The Balaban J connectivity index is 1.81. The molecular weight excluding hydrogens is 285 g/mol. The summed E-state index contributed by atoms with van der Waals surface area (Å²) in [6, 6.07) is -0.325. The van der Waals surface area contributed by atoms with Crippen LogP contribution in [0.2, 0.25) is 0 Å². The van der Waals surface area contributed by atoms with Crippen molar-refractivity contribution in [2.24, 2.45) is 0 Å². The molecule has 0 aromatic carbocycles. The van der Waals surface area contributed by atoms with E-state index in [1.165, 1.54) is 10.9 Å². The highest BCUT2D eigenvalue weighted by Crippen LogP contribution is 2.22. The van der Waals surface area contributed by atoms with E-state index in [2.05, 4.69) is 15.0 Å². The first-order valence-electron chi connectivity index (χ1n) is 5.40. The Kier molecular flexibility index (Phi) is 3.51. The zero-order chi connectivity index (χ0) is 14.9. The van der Waals surface area contributed by atoms with Crippen molar-refractivity contribution in [3.63, 3.8) is 0 Å². The molecule has 2 rings (SSSR count).